The van der Waals surface area contributed by atoms with Crippen molar-refractivity contribution in [3.05, 3.63) is 60.4 Å². The largest absolute Gasteiger partial charge is 0.370 e. The zero-order valence-corrected chi connectivity index (χ0v) is 20.9. The second-order valence-electron chi connectivity index (χ2n) is 11.1. The summed E-state index contributed by atoms with van der Waals surface area (Å²) in [6.07, 6.45) is 11.0. The molecule has 36 heavy (non-hydrogen) atoms. The number of likely N-dealkylation sites (tertiary alicyclic amines) is 1. The van der Waals surface area contributed by atoms with Gasteiger partial charge >= 0.3 is 0 Å². The van der Waals surface area contributed by atoms with Crippen molar-refractivity contribution in [3.8, 4) is 11.1 Å². The van der Waals surface area contributed by atoms with Gasteiger partial charge in [-0.3, -0.25) is 9.78 Å². The van der Waals surface area contributed by atoms with Gasteiger partial charge in [-0.25, -0.2) is 0 Å². The Labute approximate surface area is 212 Å². The number of H-pyrrole nitrogens is 1. The van der Waals surface area contributed by atoms with Crippen molar-refractivity contribution in [2.75, 3.05) is 37.6 Å². The molecule has 5 nitrogen and oxygen atoms in total. The van der Waals surface area contributed by atoms with Gasteiger partial charge in [0.25, 0.3) is 0 Å². The highest BCUT2D eigenvalue weighted by Crippen LogP contribution is 2.40. The number of Topliss-reactive ketones (excluding diaryl/α,β-unsaturated/α-hetero) is 1. The molecule has 184 valence electrons. The van der Waals surface area contributed by atoms with Crippen molar-refractivity contribution >= 4 is 33.3 Å². The summed E-state index contributed by atoms with van der Waals surface area (Å²) in [7, 11) is 0. The van der Waals surface area contributed by atoms with E-state index in [4.69, 9.17) is 4.98 Å². The van der Waals surface area contributed by atoms with Gasteiger partial charge < -0.3 is 14.8 Å². The molecule has 1 aliphatic carbocycles. The van der Waals surface area contributed by atoms with Crippen molar-refractivity contribution in [1.82, 2.24) is 14.9 Å². The highest BCUT2D eigenvalue weighted by molar-refractivity contribution is 6.10. The minimum absolute atomic E-state index is 0.190. The average molecular weight is 479 g/mol. The Morgan fingerprint density at radius 1 is 0.917 bits per heavy atom. The minimum Gasteiger partial charge on any atom is -0.370 e. The van der Waals surface area contributed by atoms with E-state index >= 15 is 0 Å². The number of nitrogens with one attached hydrogen (secondary N) is 1. The number of hydrogen-bond donors (Lipinski definition) is 1. The number of rotatable bonds is 6. The van der Waals surface area contributed by atoms with Crippen LogP contribution < -0.4 is 4.90 Å². The number of piperidine rings is 1. The van der Waals surface area contributed by atoms with E-state index in [2.05, 4.69) is 57.2 Å². The smallest absolute Gasteiger partial charge is 0.169 e. The molecule has 2 aromatic heterocycles. The van der Waals surface area contributed by atoms with Crippen LogP contribution >= 0.6 is 0 Å². The first-order chi connectivity index (χ1) is 17.7. The number of carbonyl (C=O) groups is 1. The van der Waals surface area contributed by atoms with Crippen molar-refractivity contribution < 1.29 is 4.79 Å². The van der Waals surface area contributed by atoms with Gasteiger partial charge in [-0.15, -0.1) is 0 Å². The number of pyridine rings is 1. The first-order valence-electron chi connectivity index (χ1n) is 13.7. The van der Waals surface area contributed by atoms with Crippen molar-refractivity contribution in [2.45, 2.75) is 38.5 Å². The molecule has 0 spiro atoms. The molecule has 3 fully saturated rings. The summed E-state index contributed by atoms with van der Waals surface area (Å²) in [5.41, 5.74) is 6.45. The molecule has 2 saturated heterocycles. The van der Waals surface area contributed by atoms with Crippen LogP contribution in [0.4, 0.5) is 5.69 Å². The molecule has 2 aliphatic heterocycles. The van der Waals surface area contributed by atoms with Gasteiger partial charge in [-0.1, -0.05) is 12.1 Å². The summed E-state index contributed by atoms with van der Waals surface area (Å²) in [6.45, 7) is 5.81. The molecule has 0 radical (unpaired) electrons. The molecule has 4 aromatic rings. The molecule has 0 amide bonds. The van der Waals surface area contributed by atoms with E-state index in [1.807, 2.05) is 12.4 Å². The third kappa shape index (κ3) is 4.09. The number of fused-ring (bicyclic) bond motifs is 2. The van der Waals surface area contributed by atoms with Crippen LogP contribution in [0.3, 0.4) is 0 Å². The fourth-order valence-corrected chi connectivity index (χ4v) is 6.35. The summed E-state index contributed by atoms with van der Waals surface area (Å²) in [4.78, 5) is 26.6. The van der Waals surface area contributed by atoms with Crippen molar-refractivity contribution in [3.63, 3.8) is 0 Å². The Bertz CT molecular complexity index is 1420. The van der Waals surface area contributed by atoms with E-state index in [1.54, 1.807) is 0 Å². The predicted molar refractivity (Wildman–Crippen MR) is 147 cm³/mol. The highest BCUT2D eigenvalue weighted by atomic mass is 16.1. The van der Waals surface area contributed by atoms with Crippen molar-refractivity contribution in [1.29, 1.82) is 0 Å². The van der Waals surface area contributed by atoms with Crippen LogP contribution in [0.5, 0.6) is 0 Å². The van der Waals surface area contributed by atoms with Gasteiger partial charge in [0.2, 0.25) is 0 Å². The highest BCUT2D eigenvalue weighted by Gasteiger charge is 2.34. The lowest BCUT2D eigenvalue weighted by Gasteiger charge is -2.36. The molecule has 2 aromatic carbocycles. The molecule has 4 heterocycles. The number of aromatic amines is 1. The Morgan fingerprint density at radius 3 is 2.50 bits per heavy atom. The first-order valence-corrected chi connectivity index (χ1v) is 13.7. The summed E-state index contributed by atoms with van der Waals surface area (Å²) in [5.74, 6) is 1.24. The molecule has 5 heteroatoms. The van der Waals surface area contributed by atoms with Crippen LogP contribution in [0.15, 0.2) is 54.9 Å². The molecule has 1 saturated carbocycles. The minimum atomic E-state index is 0.190. The summed E-state index contributed by atoms with van der Waals surface area (Å²) in [6, 6.07) is 15.2. The third-order valence-corrected chi connectivity index (χ3v) is 8.59. The quantitative estimate of drug-likeness (QED) is 0.331. The Balaban J connectivity index is 1.26. The van der Waals surface area contributed by atoms with Gasteiger partial charge in [-0.05, 0) is 104 Å². The normalized spacial score (nSPS) is 19.5. The lowest BCUT2D eigenvalue weighted by Crippen LogP contribution is -2.39. The van der Waals surface area contributed by atoms with Crippen LogP contribution in [-0.4, -0.2) is 53.4 Å². The van der Waals surface area contributed by atoms with Crippen LogP contribution in [-0.2, 0) is 0 Å². The molecule has 0 bridgehead atoms. The number of benzene rings is 2. The molecular formula is C31H34N4O. The van der Waals surface area contributed by atoms with Crippen LogP contribution in [0, 0.1) is 11.8 Å². The maximum atomic E-state index is 13.4. The Hall–Kier alpha value is -3.18. The van der Waals surface area contributed by atoms with Crippen LogP contribution in [0.2, 0.25) is 0 Å². The molecular weight excluding hydrogens is 444 g/mol. The maximum absolute atomic E-state index is 13.4. The molecule has 3 aliphatic rings. The number of ketones is 1. The topological polar surface area (TPSA) is 52.2 Å². The fourth-order valence-electron chi connectivity index (χ4n) is 6.35. The maximum Gasteiger partial charge on any atom is 0.169 e. The van der Waals surface area contributed by atoms with Crippen LogP contribution in [0.25, 0.3) is 32.9 Å². The van der Waals surface area contributed by atoms with Gasteiger partial charge in [0.1, 0.15) is 0 Å². The fraction of sp³-hybridized carbons (Fsp3) is 0.419. The molecule has 0 atom stereocenters. The van der Waals surface area contributed by atoms with Gasteiger partial charge in [-0.2, -0.15) is 0 Å². The predicted octanol–water partition coefficient (Wildman–Crippen LogP) is 6.29. The second kappa shape index (κ2) is 9.04. The summed E-state index contributed by atoms with van der Waals surface area (Å²) < 4.78 is 0. The number of aromatic nitrogens is 2. The SMILES string of the molecule is O=C(c1cnc2ccc(-c3ccc4[nH]ccc4c3)cc2c1N1CCC(CN2CCCC2)CC1)C1CC1. The Morgan fingerprint density at radius 2 is 1.69 bits per heavy atom. The van der Waals surface area contributed by atoms with Crippen LogP contribution in [0.1, 0.15) is 48.9 Å². The van der Waals surface area contributed by atoms with Gasteiger partial charge in [0.15, 0.2) is 5.78 Å². The second-order valence-corrected chi connectivity index (χ2v) is 11.1. The first kappa shape index (κ1) is 22.1. The number of nitrogens with zero attached hydrogens (tertiary/aromatic N) is 3. The number of anilines is 1. The van der Waals surface area contributed by atoms with E-state index in [0.717, 1.165) is 59.5 Å². The number of hydrogen-bond acceptors (Lipinski definition) is 4. The standard InChI is InChI=1S/C31H34N4O/c36-31(22-3-4-22)27-19-33-29-8-6-24(23-5-7-28-25(17-23)9-12-32-28)18-26(29)30(27)35-15-10-21(11-16-35)20-34-13-1-2-14-34/h5-9,12,17-19,21-22,32H,1-4,10-11,13-16,20H2. The van der Waals surface area contributed by atoms with E-state index in [1.165, 1.54) is 61.8 Å². The third-order valence-electron chi connectivity index (χ3n) is 8.59. The lowest BCUT2D eigenvalue weighted by atomic mass is 9.93. The molecule has 0 unspecified atom stereocenters. The monoisotopic (exact) mass is 478 g/mol. The van der Waals surface area contributed by atoms with Gasteiger partial charge in [0.05, 0.1) is 16.8 Å². The lowest BCUT2D eigenvalue weighted by molar-refractivity contribution is 0.0968. The summed E-state index contributed by atoms with van der Waals surface area (Å²) in [5, 5.41) is 2.33. The van der Waals surface area contributed by atoms with Gasteiger partial charge in [0, 0.05) is 48.8 Å². The van der Waals surface area contributed by atoms with E-state index in [9.17, 15) is 4.79 Å². The average Bonchev–Trinajstić information content (AvgIpc) is 3.44. The van der Waals surface area contributed by atoms with E-state index < -0.39 is 0 Å². The molecule has 7 rings (SSSR count). The summed E-state index contributed by atoms with van der Waals surface area (Å²) >= 11 is 0. The Kier molecular flexibility index (Phi) is 5.54. The zero-order valence-electron chi connectivity index (χ0n) is 20.9. The van der Waals surface area contributed by atoms with Crippen molar-refractivity contribution in [2.24, 2.45) is 11.8 Å². The molecule has 1 N–H and O–H groups in total. The van der Waals surface area contributed by atoms with E-state index in [-0.39, 0.29) is 11.7 Å². The van der Waals surface area contributed by atoms with E-state index in [0.29, 0.717) is 0 Å². The zero-order chi connectivity index (χ0) is 24.1. The number of carbonyl (C=O) groups excluding carboxylic acids is 1.